The molecule has 1 saturated heterocycles. The third kappa shape index (κ3) is 4.24. The molecule has 0 radical (unpaired) electrons. The molecule has 2 aliphatic heterocycles. The van der Waals surface area contributed by atoms with E-state index in [2.05, 4.69) is 5.32 Å². The molecule has 1 aromatic carbocycles. The normalized spacial score (nSPS) is 22.2. The highest BCUT2D eigenvalue weighted by Crippen LogP contribution is 2.32. The zero-order valence-electron chi connectivity index (χ0n) is 14.5. The molecule has 2 atom stereocenters. The molecular weight excluding hydrogens is 344 g/mol. The van der Waals surface area contributed by atoms with Gasteiger partial charge in [0.05, 0.1) is 18.2 Å². The molecule has 7 nitrogen and oxygen atoms in total. The lowest BCUT2D eigenvalue weighted by atomic mass is 9.97. The number of carbonyl (C=O) groups excluding carboxylic acids is 1. The highest BCUT2D eigenvalue weighted by molar-refractivity contribution is 7.88. The lowest BCUT2D eigenvalue weighted by Gasteiger charge is -2.31. The van der Waals surface area contributed by atoms with E-state index >= 15 is 0 Å². The lowest BCUT2D eigenvalue weighted by molar-refractivity contribution is -0.126. The summed E-state index contributed by atoms with van der Waals surface area (Å²) in [6, 6.07) is 5.43. The van der Waals surface area contributed by atoms with Gasteiger partial charge in [-0.1, -0.05) is 6.07 Å². The highest BCUT2D eigenvalue weighted by Gasteiger charge is 2.30. The second-order valence-corrected chi connectivity index (χ2v) is 8.58. The van der Waals surface area contributed by atoms with Crippen LogP contribution in [0.25, 0.3) is 0 Å². The number of nitrogens with one attached hydrogen (secondary N) is 1. The Kier molecular flexibility index (Phi) is 5.19. The Balaban J connectivity index is 1.64. The first-order valence-corrected chi connectivity index (χ1v) is 10.3. The van der Waals surface area contributed by atoms with E-state index in [1.165, 1.54) is 10.6 Å². The van der Waals surface area contributed by atoms with Gasteiger partial charge in [0.25, 0.3) is 0 Å². The van der Waals surface area contributed by atoms with Crippen molar-refractivity contribution in [2.75, 3.05) is 32.6 Å². The van der Waals surface area contributed by atoms with Crippen LogP contribution in [0.4, 0.5) is 0 Å². The summed E-state index contributed by atoms with van der Waals surface area (Å²) in [6.07, 6.45) is 2.58. The summed E-state index contributed by atoms with van der Waals surface area (Å²) < 4.78 is 35.9. The maximum absolute atomic E-state index is 12.6. The monoisotopic (exact) mass is 368 g/mol. The van der Waals surface area contributed by atoms with Gasteiger partial charge in [-0.05, 0) is 37.5 Å². The van der Waals surface area contributed by atoms with E-state index < -0.39 is 10.0 Å². The van der Waals surface area contributed by atoms with Crippen LogP contribution in [0.2, 0.25) is 0 Å². The molecule has 25 heavy (non-hydrogen) atoms. The average Bonchev–Trinajstić information content (AvgIpc) is 2.60. The van der Waals surface area contributed by atoms with Crippen LogP contribution in [0.3, 0.4) is 0 Å². The number of fused-ring (bicyclic) bond motifs is 1. The number of hydrogen-bond acceptors (Lipinski definition) is 5. The van der Waals surface area contributed by atoms with E-state index in [0.717, 1.165) is 5.56 Å². The van der Waals surface area contributed by atoms with Gasteiger partial charge >= 0.3 is 0 Å². The van der Waals surface area contributed by atoms with Gasteiger partial charge in [-0.3, -0.25) is 4.79 Å². The summed E-state index contributed by atoms with van der Waals surface area (Å²) in [6.45, 7) is 3.69. The van der Waals surface area contributed by atoms with Crippen LogP contribution in [0.5, 0.6) is 11.5 Å². The van der Waals surface area contributed by atoms with Crippen LogP contribution in [0, 0.1) is 5.92 Å². The first-order valence-electron chi connectivity index (χ1n) is 8.49. The van der Waals surface area contributed by atoms with Gasteiger partial charge in [0.15, 0.2) is 11.5 Å². The zero-order valence-corrected chi connectivity index (χ0v) is 15.3. The molecule has 1 N–H and O–H groups in total. The summed E-state index contributed by atoms with van der Waals surface area (Å²) in [7, 11) is -3.26. The van der Waals surface area contributed by atoms with Gasteiger partial charge in [0.1, 0.15) is 13.2 Å². The van der Waals surface area contributed by atoms with Gasteiger partial charge in [-0.2, -0.15) is 0 Å². The smallest absolute Gasteiger partial charge is 0.224 e. The van der Waals surface area contributed by atoms with E-state index in [-0.39, 0.29) is 24.4 Å². The predicted molar refractivity (Wildman–Crippen MR) is 93.1 cm³/mol. The van der Waals surface area contributed by atoms with E-state index in [1.54, 1.807) is 0 Å². The zero-order chi connectivity index (χ0) is 18.0. The molecule has 0 bridgehead atoms. The first kappa shape index (κ1) is 18.0. The second kappa shape index (κ2) is 7.21. The van der Waals surface area contributed by atoms with Crippen molar-refractivity contribution in [3.05, 3.63) is 23.8 Å². The minimum absolute atomic E-state index is 0.115. The number of benzene rings is 1. The molecular formula is C17H24N2O5S. The molecule has 2 heterocycles. The van der Waals surface area contributed by atoms with Crippen molar-refractivity contribution in [2.45, 2.75) is 25.8 Å². The molecule has 2 aliphatic rings. The van der Waals surface area contributed by atoms with E-state index in [4.69, 9.17) is 9.47 Å². The van der Waals surface area contributed by atoms with E-state index in [1.807, 2.05) is 25.1 Å². The molecule has 1 amide bonds. The second-order valence-electron chi connectivity index (χ2n) is 6.59. The van der Waals surface area contributed by atoms with E-state index in [0.29, 0.717) is 44.1 Å². The number of ether oxygens (including phenoxy) is 2. The maximum Gasteiger partial charge on any atom is 0.224 e. The number of rotatable bonds is 4. The van der Waals surface area contributed by atoms with Gasteiger partial charge in [0, 0.05) is 13.1 Å². The Hall–Kier alpha value is -1.80. The number of amides is 1. The Morgan fingerprint density at radius 2 is 2.00 bits per heavy atom. The van der Waals surface area contributed by atoms with Crippen molar-refractivity contribution in [1.82, 2.24) is 9.62 Å². The van der Waals surface area contributed by atoms with Crippen LogP contribution in [0.15, 0.2) is 18.2 Å². The molecule has 0 aliphatic carbocycles. The number of carbonyl (C=O) groups is 1. The van der Waals surface area contributed by atoms with Gasteiger partial charge in [-0.15, -0.1) is 0 Å². The molecule has 3 rings (SSSR count). The standard InChI is InChI=1S/C17H24N2O5S/c1-12(13-5-6-15-16(10-13)24-9-8-23-15)18-17(20)14-4-3-7-19(11-14)25(2,21)22/h5-6,10,12,14H,3-4,7-9,11H2,1-2H3,(H,18,20)/t12-,14+/m1/s1. The van der Waals surface area contributed by atoms with Crippen LogP contribution in [-0.4, -0.2) is 51.2 Å². The van der Waals surface area contributed by atoms with E-state index in [9.17, 15) is 13.2 Å². The fraction of sp³-hybridized carbons (Fsp3) is 0.588. The molecule has 8 heteroatoms. The Morgan fingerprint density at radius 3 is 2.72 bits per heavy atom. The van der Waals surface area contributed by atoms with Crippen molar-refractivity contribution in [3.8, 4) is 11.5 Å². The molecule has 0 saturated carbocycles. The van der Waals surface area contributed by atoms with Crippen LogP contribution < -0.4 is 14.8 Å². The minimum Gasteiger partial charge on any atom is -0.486 e. The van der Waals surface area contributed by atoms with Crippen LogP contribution in [-0.2, 0) is 14.8 Å². The van der Waals surface area contributed by atoms with Crippen LogP contribution >= 0.6 is 0 Å². The summed E-state index contributed by atoms with van der Waals surface area (Å²) in [4.78, 5) is 12.6. The van der Waals surface area contributed by atoms with Crippen molar-refractivity contribution in [3.63, 3.8) is 0 Å². The molecule has 1 aromatic rings. The maximum atomic E-state index is 12.6. The Bertz CT molecular complexity index is 749. The summed E-state index contributed by atoms with van der Waals surface area (Å²) >= 11 is 0. The Morgan fingerprint density at radius 1 is 1.28 bits per heavy atom. The average molecular weight is 368 g/mol. The minimum atomic E-state index is -3.26. The highest BCUT2D eigenvalue weighted by atomic mass is 32.2. The Labute approximate surface area is 148 Å². The van der Waals surface area contributed by atoms with Crippen molar-refractivity contribution >= 4 is 15.9 Å². The SMILES string of the molecule is C[C@@H](NC(=O)[C@H]1CCCN(S(C)(=O)=O)C1)c1ccc2c(c1)OCCO2. The fourth-order valence-electron chi connectivity index (χ4n) is 3.20. The topological polar surface area (TPSA) is 84.9 Å². The van der Waals surface area contributed by atoms with Gasteiger partial charge in [-0.25, -0.2) is 12.7 Å². The number of piperidine rings is 1. The predicted octanol–water partition coefficient (Wildman–Crippen LogP) is 1.31. The molecule has 138 valence electrons. The largest absolute Gasteiger partial charge is 0.486 e. The van der Waals surface area contributed by atoms with Gasteiger partial charge < -0.3 is 14.8 Å². The fourth-order valence-corrected chi connectivity index (χ4v) is 4.11. The molecule has 0 spiro atoms. The summed E-state index contributed by atoms with van der Waals surface area (Å²) in [5.41, 5.74) is 0.924. The number of nitrogens with zero attached hydrogens (tertiary/aromatic N) is 1. The van der Waals surface area contributed by atoms with Crippen LogP contribution in [0.1, 0.15) is 31.4 Å². The lowest BCUT2D eigenvalue weighted by Crippen LogP contribution is -2.45. The first-order chi connectivity index (χ1) is 11.8. The third-order valence-electron chi connectivity index (χ3n) is 4.65. The molecule has 1 fully saturated rings. The quantitative estimate of drug-likeness (QED) is 0.866. The van der Waals surface area contributed by atoms with Crippen molar-refractivity contribution in [2.24, 2.45) is 5.92 Å². The number of hydrogen-bond donors (Lipinski definition) is 1. The summed E-state index contributed by atoms with van der Waals surface area (Å²) in [5, 5.41) is 2.99. The number of sulfonamides is 1. The molecule has 0 unspecified atom stereocenters. The summed E-state index contributed by atoms with van der Waals surface area (Å²) in [5.74, 6) is 0.967. The van der Waals surface area contributed by atoms with Gasteiger partial charge in [0.2, 0.25) is 15.9 Å². The van der Waals surface area contributed by atoms with Crippen molar-refractivity contribution in [1.29, 1.82) is 0 Å². The third-order valence-corrected chi connectivity index (χ3v) is 5.92. The molecule has 0 aromatic heterocycles. The van der Waals surface area contributed by atoms with Crippen molar-refractivity contribution < 1.29 is 22.7 Å².